The fourth-order valence-corrected chi connectivity index (χ4v) is 3.90. The first kappa shape index (κ1) is 20.1. The topological polar surface area (TPSA) is 43.7 Å². The van der Waals surface area contributed by atoms with Gasteiger partial charge in [-0.05, 0) is 66.1 Å². The van der Waals surface area contributed by atoms with Gasteiger partial charge in [0.2, 0.25) is 0 Å². The maximum atomic E-state index is 13.3. The van der Waals surface area contributed by atoms with Gasteiger partial charge >= 0.3 is 0 Å². The van der Waals surface area contributed by atoms with E-state index in [0.29, 0.717) is 12.0 Å². The number of benzene rings is 3. The first-order chi connectivity index (χ1) is 14.5. The zero-order valence-electron chi connectivity index (χ0n) is 16.3. The average Bonchev–Trinajstić information content (AvgIpc) is 2.73. The van der Waals surface area contributed by atoms with Crippen molar-refractivity contribution in [3.8, 4) is 5.75 Å². The molecule has 30 heavy (non-hydrogen) atoms. The van der Waals surface area contributed by atoms with Crippen molar-refractivity contribution in [1.29, 1.82) is 0 Å². The smallest absolute Gasteiger partial charge is 0.123 e. The SMILES string of the molecule is Oc1ccc([C@@H]2C(/C=C/C[C@H](O)c3ccc(F)cc3)CN2c2ccc(F)cc2)cc1. The first-order valence-corrected chi connectivity index (χ1v) is 9.92. The molecule has 1 aliphatic rings. The van der Waals surface area contributed by atoms with Crippen molar-refractivity contribution in [2.24, 2.45) is 5.92 Å². The largest absolute Gasteiger partial charge is 0.508 e. The van der Waals surface area contributed by atoms with Crippen LogP contribution in [0.4, 0.5) is 14.5 Å². The minimum Gasteiger partial charge on any atom is -0.508 e. The van der Waals surface area contributed by atoms with Crippen LogP contribution in [0.5, 0.6) is 5.75 Å². The van der Waals surface area contributed by atoms with Crippen molar-refractivity contribution in [2.75, 3.05) is 11.4 Å². The van der Waals surface area contributed by atoms with Crippen LogP contribution in [0.3, 0.4) is 0 Å². The third-order valence-corrected chi connectivity index (χ3v) is 5.54. The van der Waals surface area contributed by atoms with Crippen LogP contribution >= 0.6 is 0 Å². The van der Waals surface area contributed by atoms with Gasteiger partial charge in [0.1, 0.15) is 17.4 Å². The summed E-state index contributed by atoms with van der Waals surface area (Å²) >= 11 is 0. The van der Waals surface area contributed by atoms with Crippen molar-refractivity contribution >= 4 is 5.69 Å². The summed E-state index contributed by atoms with van der Waals surface area (Å²) in [6.07, 6.45) is 3.78. The molecule has 3 nitrogen and oxygen atoms in total. The second kappa shape index (κ2) is 8.67. The number of nitrogens with zero attached hydrogens (tertiary/aromatic N) is 1. The zero-order valence-corrected chi connectivity index (χ0v) is 16.3. The normalized spacial score (nSPS) is 19.6. The molecule has 0 aromatic heterocycles. The monoisotopic (exact) mass is 407 g/mol. The number of phenols is 1. The van der Waals surface area contributed by atoms with Gasteiger partial charge in [-0.25, -0.2) is 8.78 Å². The Kier molecular flexibility index (Phi) is 5.81. The zero-order chi connectivity index (χ0) is 21.1. The molecule has 0 bridgehead atoms. The van der Waals surface area contributed by atoms with Gasteiger partial charge in [0.05, 0.1) is 12.1 Å². The third-order valence-electron chi connectivity index (χ3n) is 5.54. The second-order valence-electron chi connectivity index (χ2n) is 7.56. The summed E-state index contributed by atoms with van der Waals surface area (Å²) in [4.78, 5) is 2.19. The average molecular weight is 407 g/mol. The lowest BCUT2D eigenvalue weighted by atomic mass is 9.82. The summed E-state index contributed by atoms with van der Waals surface area (Å²) in [6, 6.07) is 19.5. The molecular formula is C25H23F2NO2. The van der Waals surface area contributed by atoms with E-state index >= 15 is 0 Å². The Bertz CT molecular complexity index is 1000. The molecule has 3 aromatic carbocycles. The van der Waals surface area contributed by atoms with E-state index < -0.39 is 6.10 Å². The Morgan fingerprint density at radius 1 is 0.900 bits per heavy atom. The van der Waals surface area contributed by atoms with Crippen molar-refractivity contribution in [2.45, 2.75) is 18.6 Å². The fraction of sp³-hybridized carbons (Fsp3) is 0.200. The Morgan fingerprint density at radius 3 is 2.13 bits per heavy atom. The molecule has 0 aliphatic carbocycles. The minimum absolute atomic E-state index is 0.0512. The molecule has 5 heteroatoms. The summed E-state index contributed by atoms with van der Waals surface area (Å²) in [5, 5.41) is 20.0. The van der Waals surface area contributed by atoms with Gasteiger partial charge in [-0.3, -0.25) is 0 Å². The van der Waals surface area contributed by atoms with Crippen molar-refractivity contribution in [3.63, 3.8) is 0 Å². The standard InChI is InChI=1S/C25H23F2NO2/c26-20-8-4-17(5-9-20)24(30)3-1-2-19-16-28(22-12-10-21(27)11-13-22)25(19)18-6-14-23(29)15-7-18/h1-2,4-15,19,24-25,29-30H,3,16H2/b2-1+/t19?,24-,25+/m0/s1. The Labute approximate surface area is 174 Å². The van der Waals surface area contributed by atoms with Crippen LogP contribution < -0.4 is 4.90 Å². The lowest BCUT2D eigenvalue weighted by Crippen LogP contribution is -2.49. The Balaban J connectivity index is 1.48. The van der Waals surface area contributed by atoms with Gasteiger partial charge in [0.25, 0.3) is 0 Å². The van der Waals surface area contributed by atoms with Crippen LogP contribution in [0.25, 0.3) is 0 Å². The van der Waals surface area contributed by atoms with Gasteiger partial charge in [0.15, 0.2) is 0 Å². The second-order valence-corrected chi connectivity index (χ2v) is 7.56. The van der Waals surface area contributed by atoms with E-state index in [4.69, 9.17) is 0 Å². The van der Waals surface area contributed by atoms with Crippen LogP contribution in [-0.4, -0.2) is 16.8 Å². The number of halogens is 2. The van der Waals surface area contributed by atoms with Gasteiger partial charge in [-0.2, -0.15) is 0 Å². The highest BCUT2D eigenvalue weighted by Crippen LogP contribution is 2.43. The Morgan fingerprint density at radius 2 is 1.50 bits per heavy atom. The van der Waals surface area contributed by atoms with E-state index in [1.807, 2.05) is 18.2 Å². The summed E-state index contributed by atoms with van der Waals surface area (Å²) in [5.41, 5.74) is 2.67. The van der Waals surface area contributed by atoms with Gasteiger partial charge < -0.3 is 15.1 Å². The molecule has 2 N–H and O–H groups in total. The molecule has 154 valence electrons. The molecule has 0 amide bonds. The molecule has 0 spiro atoms. The number of aliphatic hydroxyl groups excluding tert-OH is 1. The molecule has 1 unspecified atom stereocenters. The maximum absolute atomic E-state index is 13.3. The molecular weight excluding hydrogens is 384 g/mol. The van der Waals surface area contributed by atoms with Crippen molar-refractivity contribution < 1.29 is 19.0 Å². The molecule has 0 radical (unpaired) electrons. The van der Waals surface area contributed by atoms with Crippen LogP contribution in [0.2, 0.25) is 0 Å². The number of aliphatic hydroxyl groups is 1. The number of anilines is 1. The van der Waals surface area contributed by atoms with Gasteiger partial charge in [0, 0.05) is 18.2 Å². The lowest BCUT2D eigenvalue weighted by molar-refractivity contribution is 0.181. The summed E-state index contributed by atoms with van der Waals surface area (Å²) in [7, 11) is 0. The van der Waals surface area contributed by atoms with E-state index in [0.717, 1.165) is 17.8 Å². The van der Waals surface area contributed by atoms with E-state index in [9.17, 15) is 19.0 Å². The van der Waals surface area contributed by atoms with Crippen molar-refractivity contribution in [3.05, 3.63) is 108 Å². The number of rotatable bonds is 6. The van der Waals surface area contributed by atoms with Crippen LogP contribution in [0.1, 0.15) is 29.7 Å². The van der Waals surface area contributed by atoms with E-state index in [1.54, 1.807) is 36.4 Å². The Hall–Kier alpha value is -3.18. The lowest BCUT2D eigenvalue weighted by Gasteiger charge is -2.49. The van der Waals surface area contributed by atoms with Gasteiger partial charge in [-0.1, -0.05) is 36.4 Å². The summed E-state index contributed by atoms with van der Waals surface area (Å²) < 4.78 is 26.4. The van der Waals surface area contributed by atoms with E-state index in [1.165, 1.54) is 24.3 Å². The molecule has 3 aromatic rings. The predicted molar refractivity (Wildman–Crippen MR) is 113 cm³/mol. The van der Waals surface area contributed by atoms with E-state index in [-0.39, 0.29) is 29.3 Å². The highest BCUT2D eigenvalue weighted by atomic mass is 19.1. The number of phenolic OH excluding ortho intramolecular Hbond substituents is 1. The highest BCUT2D eigenvalue weighted by Gasteiger charge is 2.38. The summed E-state index contributed by atoms with van der Waals surface area (Å²) in [6.45, 7) is 0.764. The maximum Gasteiger partial charge on any atom is 0.123 e. The van der Waals surface area contributed by atoms with Crippen LogP contribution in [0, 0.1) is 17.6 Å². The molecule has 1 saturated heterocycles. The molecule has 1 fully saturated rings. The molecule has 1 heterocycles. The molecule has 4 rings (SSSR count). The number of aromatic hydroxyl groups is 1. The summed E-state index contributed by atoms with van der Waals surface area (Å²) in [5.74, 6) is -0.179. The van der Waals surface area contributed by atoms with Gasteiger partial charge in [-0.15, -0.1) is 0 Å². The molecule has 3 atom stereocenters. The van der Waals surface area contributed by atoms with Crippen molar-refractivity contribution in [1.82, 2.24) is 0 Å². The quantitative estimate of drug-likeness (QED) is 0.528. The third kappa shape index (κ3) is 4.36. The minimum atomic E-state index is -0.692. The number of hydrogen-bond donors (Lipinski definition) is 2. The fourth-order valence-electron chi connectivity index (χ4n) is 3.90. The number of hydrogen-bond acceptors (Lipinski definition) is 3. The molecule has 0 saturated carbocycles. The van der Waals surface area contributed by atoms with Crippen LogP contribution in [-0.2, 0) is 0 Å². The van der Waals surface area contributed by atoms with E-state index in [2.05, 4.69) is 11.0 Å². The highest BCUT2D eigenvalue weighted by molar-refractivity contribution is 5.53. The first-order valence-electron chi connectivity index (χ1n) is 9.92. The molecule has 1 aliphatic heterocycles. The predicted octanol–water partition coefficient (Wildman–Crippen LogP) is 5.53. The van der Waals surface area contributed by atoms with Crippen LogP contribution in [0.15, 0.2) is 84.9 Å².